The molecule has 0 N–H and O–H groups in total. The summed E-state index contributed by atoms with van der Waals surface area (Å²) >= 11 is 0. The number of para-hydroxylation sites is 2. The molecule has 0 fully saturated rings. The fraction of sp³-hybridized carbons (Fsp3) is 0.0698. The Kier molecular flexibility index (Phi) is 5.31. The van der Waals surface area contributed by atoms with Gasteiger partial charge >= 0.3 is 0 Å². The number of rotatable bonds is 3. The molecule has 6 aromatic carbocycles. The number of furan rings is 1. The van der Waals surface area contributed by atoms with Crippen molar-refractivity contribution in [2.24, 2.45) is 0 Å². The highest BCUT2D eigenvalue weighted by molar-refractivity contribution is 6.21. The number of hydrogen-bond acceptors (Lipinski definition) is 3. The van der Waals surface area contributed by atoms with Gasteiger partial charge in [-0.2, -0.15) is 0 Å². The van der Waals surface area contributed by atoms with Crippen LogP contribution in [-0.2, 0) is 5.41 Å². The summed E-state index contributed by atoms with van der Waals surface area (Å²) in [6, 6.07) is 49.2. The molecule has 47 heavy (non-hydrogen) atoms. The Bertz CT molecular complexity index is 2710. The van der Waals surface area contributed by atoms with Gasteiger partial charge < -0.3 is 4.42 Å². The lowest BCUT2D eigenvalue weighted by Crippen LogP contribution is -2.15. The zero-order valence-corrected chi connectivity index (χ0v) is 26.0. The summed E-state index contributed by atoms with van der Waals surface area (Å²) in [7, 11) is 0. The molecule has 10 rings (SSSR count). The third-order valence-electron chi connectivity index (χ3n) is 10.0. The van der Waals surface area contributed by atoms with E-state index in [1.165, 1.54) is 22.3 Å². The number of fused-ring (bicyclic) bond motifs is 10. The van der Waals surface area contributed by atoms with E-state index >= 15 is 0 Å². The second-order valence-corrected chi connectivity index (χ2v) is 13.0. The van der Waals surface area contributed by atoms with Crippen LogP contribution in [0.3, 0.4) is 0 Å². The van der Waals surface area contributed by atoms with Crippen LogP contribution < -0.4 is 0 Å². The summed E-state index contributed by atoms with van der Waals surface area (Å²) in [6.45, 7) is 4.64. The summed E-state index contributed by atoms with van der Waals surface area (Å²) in [5, 5.41) is 4.43. The van der Waals surface area contributed by atoms with Crippen LogP contribution in [0.15, 0.2) is 144 Å². The normalized spacial score (nSPS) is 13.5. The van der Waals surface area contributed by atoms with E-state index in [2.05, 4.69) is 140 Å². The lowest BCUT2D eigenvalue weighted by Gasteiger charge is -2.22. The quantitative estimate of drug-likeness (QED) is 0.202. The number of benzene rings is 6. The average Bonchev–Trinajstić information content (AvgIpc) is 3.74. The van der Waals surface area contributed by atoms with Crippen molar-refractivity contribution in [3.05, 3.63) is 151 Å². The van der Waals surface area contributed by atoms with Crippen molar-refractivity contribution in [2.45, 2.75) is 19.3 Å². The lowest BCUT2D eigenvalue weighted by atomic mass is 9.82. The molecule has 1 aliphatic carbocycles. The maximum absolute atomic E-state index is 6.61. The van der Waals surface area contributed by atoms with Crippen LogP contribution in [0.5, 0.6) is 0 Å². The molecular weight excluding hydrogens is 574 g/mol. The molecule has 0 unspecified atom stereocenters. The smallest absolute Gasteiger partial charge is 0.235 e. The van der Waals surface area contributed by atoms with Gasteiger partial charge in [0.1, 0.15) is 11.1 Å². The zero-order valence-electron chi connectivity index (χ0n) is 26.0. The standard InChI is InChI=1S/C43H29N3O/c1-43(2)34-17-9-6-14-28(34)29-21-20-27(24-35(29)43)37-25-36(26-12-4-3-5-13-26)44-42(45-37)46-38-18-10-7-15-30(38)32-22-23-33-31-16-8-11-19-39(31)47-41(33)40(32)46/h3-25H,1-2H3. The number of nitrogens with zero attached hydrogens (tertiary/aromatic N) is 3. The van der Waals surface area contributed by atoms with E-state index in [9.17, 15) is 0 Å². The minimum atomic E-state index is -0.111. The Morgan fingerprint density at radius 2 is 1.21 bits per heavy atom. The van der Waals surface area contributed by atoms with Crippen molar-refractivity contribution < 1.29 is 4.42 Å². The molecule has 0 saturated carbocycles. The molecular formula is C43H29N3O. The largest absolute Gasteiger partial charge is 0.454 e. The molecule has 3 heterocycles. The van der Waals surface area contributed by atoms with Crippen molar-refractivity contribution in [1.82, 2.24) is 14.5 Å². The van der Waals surface area contributed by atoms with Gasteiger partial charge in [0.25, 0.3) is 0 Å². The van der Waals surface area contributed by atoms with E-state index in [4.69, 9.17) is 14.4 Å². The summed E-state index contributed by atoms with van der Waals surface area (Å²) in [5.74, 6) is 0.614. The van der Waals surface area contributed by atoms with Gasteiger partial charge in [0.05, 0.1) is 16.9 Å². The molecule has 3 aromatic heterocycles. The van der Waals surface area contributed by atoms with Crippen molar-refractivity contribution in [1.29, 1.82) is 0 Å². The maximum atomic E-state index is 6.61. The Morgan fingerprint density at radius 3 is 2.09 bits per heavy atom. The molecule has 0 aliphatic heterocycles. The van der Waals surface area contributed by atoms with Crippen LogP contribution in [0.25, 0.3) is 83.3 Å². The summed E-state index contributed by atoms with van der Waals surface area (Å²) in [6.07, 6.45) is 0. The van der Waals surface area contributed by atoms with Gasteiger partial charge in [-0.3, -0.25) is 4.57 Å². The molecule has 0 atom stereocenters. The second-order valence-electron chi connectivity index (χ2n) is 13.0. The lowest BCUT2D eigenvalue weighted by molar-refractivity contribution is 0.660. The highest BCUT2D eigenvalue weighted by Crippen LogP contribution is 2.49. The maximum Gasteiger partial charge on any atom is 0.235 e. The van der Waals surface area contributed by atoms with E-state index in [-0.39, 0.29) is 5.41 Å². The summed E-state index contributed by atoms with van der Waals surface area (Å²) in [5.41, 5.74) is 12.8. The summed E-state index contributed by atoms with van der Waals surface area (Å²) in [4.78, 5) is 10.6. The van der Waals surface area contributed by atoms with Crippen LogP contribution in [0, 0.1) is 0 Å². The zero-order chi connectivity index (χ0) is 31.3. The Hall–Kier alpha value is -6.00. The van der Waals surface area contributed by atoms with Crippen LogP contribution in [-0.4, -0.2) is 14.5 Å². The Balaban J connectivity index is 1.28. The molecule has 222 valence electrons. The van der Waals surface area contributed by atoms with E-state index < -0.39 is 0 Å². The van der Waals surface area contributed by atoms with Crippen LogP contribution in [0.4, 0.5) is 0 Å². The minimum Gasteiger partial charge on any atom is -0.454 e. The summed E-state index contributed by atoms with van der Waals surface area (Å²) < 4.78 is 8.81. The Labute approximate surface area is 271 Å². The van der Waals surface area contributed by atoms with Crippen LogP contribution in [0.2, 0.25) is 0 Å². The fourth-order valence-electron chi connectivity index (χ4n) is 7.74. The molecule has 0 bridgehead atoms. The highest BCUT2D eigenvalue weighted by atomic mass is 16.3. The Morgan fingerprint density at radius 1 is 0.532 bits per heavy atom. The van der Waals surface area contributed by atoms with E-state index in [0.717, 1.165) is 66.3 Å². The number of aromatic nitrogens is 3. The van der Waals surface area contributed by atoms with E-state index in [1.807, 2.05) is 18.2 Å². The van der Waals surface area contributed by atoms with Crippen molar-refractivity contribution >= 4 is 43.7 Å². The molecule has 0 spiro atoms. The first-order valence-corrected chi connectivity index (χ1v) is 16.1. The van der Waals surface area contributed by atoms with Crippen molar-refractivity contribution in [3.63, 3.8) is 0 Å². The third-order valence-corrected chi connectivity index (χ3v) is 10.0. The van der Waals surface area contributed by atoms with E-state index in [1.54, 1.807) is 0 Å². The highest BCUT2D eigenvalue weighted by Gasteiger charge is 2.35. The number of hydrogen-bond donors (Lipinski definition) is 0. The predicted molar refractivity (Wildman–Crippen MR) is 192 cm³/mol. The molecule has 0 radical (unpaired) electrons. The molecule has 1 aliphatic rings. The fourth-order valence-corrected chi connectivity index (χ4v) is 7.74. The van der Waals surface area contributed by atoms with Gasteiger partial charge in [-0.15, -0.1) is 0 Å². The van der Waals surface area contributed by atoms with Gasteiger partial charge in [-0.25, -0.2) is 9.97 Å². The van der Waals surface area contributed by atoms with Gasteiger partial charge in [-0.05, 0) is 52.6 Å². The molecule has 4 heteroatoms. The van der Waals surface area contributed by atoms with Gasteiger partial charge in [0.15, 0.2) is 5.58 Å². The van der Waals surface area contributed by atoms with Crippen molar-refractivity contribution in [3.8, 4) is 39.6 Å². The second kappa shape index (κ2) is 9.51. The molecule has 9 aromatic rings. The monoisotopic (exact) mass is 603 g/mol. The first-order valence-electron chi connectivity index (χ1n) is 16.1. The van der Waals surface area contributed by atoms with Gasteiger partial charge in [0, 0.05) is 38.1 Å². The first-order chi connectivity index (χ1) is 23.1. The SMILES string of the molecule is CC1(C)c2ccccc2-c2ccc(-c3cc(-c4ccccc4)nc(-n4c5ccccc5c5ccc6c7ccccc7oc6c54)n3)cc21. The third kappa shape index (κ3) is 3.70. The molecule has 0 saturated heterocycles. The first kappa shape index (κ1) is 26.2. The predicted octanol–water partition coefficient (Wildman–Crippen LogP) is 11.1. The minimum absolute atomic E-state index is 0.111. The average molecular weight is 604 g/mol. The van der Waals surface area contributed by atoms with Crippen molar-refractivity contribution in [2.75, 3.05) is 0 Å². The van der Waals surface area contributed by atoms with Crippen LogP contribution in [0.1, 0.15) is 25.0 Å². The van der Waals surface area contributed by atoms with Gasteiger partial charge in [-0.1, -0.05) is 123 Å². The topological polar surface area (TPSA) is 43.9 Å². The van der Waals surface area contributed by atoms with Crippen LogP contribution >= 0.6 is 0 Å². The van der Waals surface area contributed by atoms with Gasteiger partial charge in [0.2, 0.25) is 5.95 Å². The molecule has 4 nitrogen and oxygen atoms in total. The molecule has 0 amide bonds. The van der Waals surface area contributed by atoms with E-state index in [0.29, 0.717) is 5.95 Å².